The van der Waals surface area contributed by atoms with Gasteiger partial charge in [0.25, 0.3) is 0 Å². The third kappa shape index (κ3) is 2.61. The Hall–Kier alpha value is -1.25. The van der Waals surface area contributed by atoms with Crippen LogP contribution in [0.3, 0.4) is 0 Å². The molecule has 0 aliphatic heterocycles. The van der Waals surface area contributed by atoms with E-state index >= 15 is 0 Å². The van der Waals surface area contributed by atoms with Crippen molar-refractivity contribution in [3.8, 4) is 0 Å². The highest BCUT2D eigenvalue weighted by Gasteiger charge is 2.23. The second-order valence-corrected chi connectivity index (χ2v) is 4.43. The van der Waals surface area contributed by atoms with E-state index in [0.29, 0.717) is 11.7 Å². The molecule has 3 heteroatoms. The fourth-order valence-corrected chi connectivity index (χ4v) is 1.84. The average Bonchev–Trinajstić information content (AvgIpc) is 2.97. The molecule has 0 heterocycles. The summed E-state index contributed by atoms with van der Waals surface area (Å²) in [5, 5.41) is 3.26. The molecule has 1 aliphatic carbocycles. The van der Waals surface area contributed by atoms with Gasteiger partial charge in [-0.25, -0.2) is 4.39 Å². The van der Waals surface area contributed by atoms with Crippen molar-refractivity contribution in [2.45, 2.75) is 32.2 Å². The lowest BCUT2D eigenvalue weighted by molar-refractivity contribution is 0.628. The maximum Gasteiger partial charge on any atom is 0.148 e. The van der Waals surface area contributed by atoms with Gasteiger partial charge in [-0.05, 0) is 31.4 Å². The smallest absolute Gasteiger partial charge is 0.148 e. The zero-order valence-electron chi connectivity index (χ0n) is 8.96. The summed E-state index contributed by atoms with van der Waals surface area (Å²) in [6, 6.07) is 5.24. The Morgan fingerprint density at radius 1 is 1.53 bits per heavy atom. The highest BCUT2D eigenvalue weighted by atomic mass is 19.1. The van der Waals surface area contributed by atoms with Crippen molar-refractivity contribution in [1.82, 2.24) is 0 Å². The molecule has 15 heavy (non-hydrogen) atoms. The standard InChI is InChI=1S/C12H17FN2/c1-8(7-9-5-6-9)15-11-4-2-3-10(13)12(11)14/h2-4,8-9,15H,5-7,14H2,1H3. The van der Waals surface area contributed by atoms with Gasteiger partial charge >= 0.3 is 0 Å². The number of hydrogen-bond donors (Lipinski definition) is 2. The highest BCUT2D eigenvalue weighted by molar-refractivity contribution is 5.66. The molecule has 0 bridgehead atoms. The molecule has 1 atom stereocenters. The normalized spacial score (nSPS) is 17.5. The zero-order valence-corrected chi connectivity index (χ0v) is 8.96. The van der Waals surface area contributed by atoms with Crippen LogP contribution < -0.4 is 11.1 Å². The van der Waals surface area contributed by atoms with Gasteiger partial charge in [0.05, 0.1) is 11.4 Å². The average molecular weight is 208 g/mol. The summed E-state index contributed by atoms with van der Waals surface area (Å²) in [5.74, 6) is 0.515. The third-order valence-corrected chi connectivity index (χ3v) is 2.84. The number of nitrogens with two attached hydrogens (primary N) is 1. The molecule has 82 valence electrons. The molecule has 1 saturated carbocycles. The molecular formula is C12H17FN2. The van der Waals surface area contributed by atoms with Gasteiger partial charge in [-0.2, -0.15) is 0 Å². The number of nitrogens with one attached hydrogen (secondary N) is 1. The van der Waals surface area contributed by atoms with Crippen LogP contribution in [0.25, 0.3) is 0 Å². The molecule has 0 amide bonds. The Kier molecular flexibility index (Phi) is 2.80. The fourth-order valence-electron chi connectivity index (χ4n) is 1.84. The summed E-state index contributed by atoms with van der Waals surface area (Å²) in [7, 11) is 0. The number of hydrogen-bond acceptors (Lipinski definition) is 2. The number of halogens is 1. The number of anilines is 2. The maximum absolute atomic E-state index is 13.1. The topological polar surface area (TPSA) is 38.0 Å². The molecule has 1 fully saturated rings. The van der Waals surface area contributed by atoms with Crippen LogP contribution in [0.5, 0.6) is 0 Å². The zero-order chi connectivity index (χ0) is 10.8. The van der Waals surface area contributed by atoms with E-state index in [1.165, 1.54) is 18.9 Å². The molecule has 3 N–H and O–H groups in total. The van der Waals surface area contributed by atoms with Crippen LogP contribution in [0.1, 0.15) is 26.2 Å². The van der Waals surface area contributed by atoms with Crippen molar-refractivity contribution >= 4 is 11.4 Å². The van der Waals surface area contributed by atoms with E-state index in [9.17, 15) is 4.39 Å². The molecule has 2 nitrogen and oxygen atoms in total. The SMILES string of the molecule is CC(CC1CC1)Nc1cccc(F)c1N. The van der Waals surface area contributed by atoms with Gasteiger partial charge < -0.3 is 11.1 Å². The van der Waals surface area contributed by atoms with E-state index < -0.39 is 0 Å². The molecule has 0 spiro atoms. The van der Waals surface area contributed by atoms with Gasteiger partial charge in [-0.3, -0.25) is 0 Å². The molecule has 1 aromatic carbocycles. The highest BCUT2D eigenvalue weighted by Crippen LogP contribution is 2.34. The molecule has 0 radical (unpaired) electrons. The van der Waals surface area contributed by atoms with Gasteiger partial charge in [-0.15, -0.1) is 0 Å². The van der Waals surface area contributed by atoms with Crippen LogP contribution in [0, 0.1) is 11.7 Å². The Bertz CT molecular complexity index is 347. The Morgan fingerprint density at radius 2 is 2.27 bits per heavy atom. The second kappa shape index (κ2) is 4.09. The van der Waals surface area contributed by atoms with E-state index in [1.54, 1.807) is 6.07 Å². The maximum atomic E-state index is 13.1. The van der Waals surface area contributed by atoms with E-state index in [4.69, 9.17) is 5.73 Å². The van der Waals surface area contributed by atoms with Crippen LogP contribution in [0.4, 0.5) is 15.8 Å². The first kappa shape index (κ1) is 10.3. The van der Waals surface area contributed by atoms with Gasteiger partial charge in [0.2, 0.25) is 0 Å². The minimum Gasteiger partial charge on any atom is -0.395 e. The summed E-state index contributed by atoms with van der Waals surface area (Å²) in [6.07, 6.45) is 3.82. The molecule has 1 aromatic rings. The molecular weight excluding hydrogens is 191 g/mol. The monoisotopic (exact) mass is 208 g/mol. The first-order valence-corrected chi connectivity index (χ1v) is 5.47. The molecule has 2 rings (SSSR count). The Balaban J connectivity index is 1.99. The van der Waals surface area contributed by atoms with E-state index in [0.717, 1.165) is 12.3 Å². The van der Waals surface area contributed by atoms with Crippen molar-refractivity contribution in [3.63, 3.8) is 0 Å². The van der Waals surface area contributed by atoms with E-state index in [2.05, 4.69) is 12.2 Å². The number of nitrogen functional groups attached to an aromatic ring is 1. The lowest BCUT2D eigenvalue weighted by Crippen LogP contribution is -2.17. The second-order valence-electron chi connectivity index (χ2n) is 4.43. The third-order valence-electron chi connectivity index (χ3n) is 2.84. The van der Waals surface area contributed by atoms with Crippen molar-refractivity contribution in [1.29, 1.82) is 0 Å². The van der Waals surface area contributed by atoms with Crippen LogP contribution in [-0.2, 0) is 0 Å². The summed E-state index contributed by atoms with van der Waals surface area (Å²) < 4.78 is 13.1. The Labute approximate surface area is 89.7 Å². The fraction of sp³-hybridized carbons (Fsp3) is 0.500. The Morgan fingerprint density at radius 3 is 2.93 bits per heavy atom. The van der Waals surface area contributed by atoms with Gasteiger partial charge in [0.1, 0.15) is 5.82 Å². The summed E-state index contributed by atoms with van der Waals surface area (Å²) >= 11 is 0. The van der Waals surface area contributed by atoms with Crippen LogP contribution in [0.15, 0.2) is 18.2 Å². The first-order chi connectivity index (χ1) is 7.16. The molecule has 0 saturated heterocycles. The molecule has 0 aromatic heterocycles. The first-order valence-electron chi connectivity index (χ1n) is 5.47. The van der Waals surface area contributed by atoms with Crippen LogP contribution in [-0.4, -0.2) is 6.04 Å². The van der Waals surface area contributed by atoms with Gasteiger partial charge in [0.15, 0.2) is 0 Å². The van der Waals surface area contributed by atoms with Crippen molar-refractivity contribution in [3.05, 3.63) is 24.0 Å². The predicted molar refractivity (Wildman–Crippen MR) is 61.2 cm³/mol. The summed E-state index contributed by atoms with van der Waals surface area (Å²) in [4.78, 5) is 0. The lowest BCUT2D eigenvalue weighted by Gasteiger charge is -2.16. The van der Waals surface area contributed by atoms with E-state index in [1.807, 2.05) is 6.07 Å². The van der Waals surface area contributed by atoms with Gasteiger partial charge in [0, 0.05) is 6.04 Å². The quantitative estimate of drug-likeness (QED) is 0.746. The van der Waals surface area contributed by atoms with Crippen molar-refractivity contribution in [2.75, 3.05) is 11.1 Å². The number of para-hydroxylation sites is 1. The van der Waals surface area contributed by atoms with Gasteiger partial charge in [-0.1, -0.05) is 18.9 Å². The van der Waals surface area contributed by atoms with Crippen LogP contribution in [0.2, 0.25) is 0 Å². The van der Waals surface area contributed by atoms with Crippen molar-refractivity contribution in [2.24, 2.45) is 5.92 Å². The van der Waals surface area contributed by atoms with E-state index in [-0.39, 0.29) is 11.5 Å². The predicted octanol–water partition coefficient (Wildman–Crippen LogP) is 3.01. The minimum absolute atomic E-state index is 0.222. The number of benzene rings is 1. The van der Waals surface area contributed by atoms with Crippen molar-refractivity contribution < 1.29 is 4.39 Å². The summed E-state index contributed by atoms with van der Waals surface area (Å²) in [5.41, 5.74) is 6.57. The lowest BCUT2D eigenvalue weighted by atomic mass is 10.1. The minimum atomic E-state index is -0.348. The summed E-state index contributed by atoms with van der Waals surface area (Å²) in [6.45, 7) is 2.11. The molecule has 1 unspecified atom stereocenters. The molecule has 1 aliphatic rings. The van der Waals surface area contributed by atoms with Crippen LogP contribution >= 0.6 is 0 Å². The number of rotatable bonds is 4. The largest absolute Gasteiger partial charge is 0.395 e.